The zero-order valence-electron chi connectivity index (χ0n) is 13.6. The smallest absolute Gasteiger partial charge is 0.182 e. The average molecular weight is 379 g/mol. The summed E-state index contributed by atoms with van der Waals surface area (Å²) in [6.45, 7) is 0.0558. The third-order valence-corrected chi connectivity index (χ3v) is 7.38. The van der Waals surface area contributed by atoms with Gasteiger partial charge in [-0.1, -0.05) is 42.5 Å². The van der Waals surface area contributed by atoms with Crippen LogP contribution in [0.4, 0.5) is 4.39 Å². The minimum atomic E-state index is -3.72. The van der Waals surface area contributed by atoms with Gasteiger partial charge in [0.2, 0.25) is 0 Å². The van der Waals surface area contributed by atoms with E-state index >= 15 is 0 Å². The van der Waals surface area contributed by atoms with Crippen LogP contribution in [0.15, 0.2) is 59.5 Å². The summed E-state index contributed by atoms with van der Waals surface area (Å²) in [4.78, 5) is 0.253. The molecule has 1 fully saturated rings. The molecule has 0 unspecified atom stereocenters. The Bertz CT molecular complexity index is 902. The number of benzene rings is 2. The molecule has 2 N–H and O–H groups in total. The van der Waals surface area contributed by atoms with Gasteiger partial charge in [-0.05, 0) is 29.8 Å². The third-order valence-electron chi connectivity index (χ3n) is 4.71. The molecule has 2 aromatic rings. The first kappa shape index (κ1) is 18.0. The van der Waals surface area contributed by atoms with E-state index in [0.29, 0.717) is 5.56 Å². The first-order valence-corrected chi connectivity index (χ1v) is 9.64. The Labute approximate surface area is 151 Å². The number of ether oxygens (including phenoxy) is 1. The molecule has 4 nitrogen and oxygen atoms in total. The second kappa shape index (κ2) is 6.48. The number of thiocarbonyl (C=S) groups is 1. The van der Waals surface area contributed by atoms with Crippen LogP contribution in [0.5, 0.6) is 0 Å². The van der Waals surface area contributed by atoms with E-state index in [0.717, 1.165) is 0 Å². The Morgan fingerprint density at radius 2 is 1.92 bits per heavy atom. The molecule has 0 saturated heterocycles. The van der Waals surface area contributed by atoms with Crippen molar-refractivity contribution in [1.82, 2.24) is 0 Å². The van der Waals surface area contributed by atoms with Crippen molar-refractivity contribution in [3.63, 3.8) is 0 Å². The summed E-state index contributed by atoms with van der Waals surface area (Å²) in [5.74, 6) is -0.986. The number of rotatable bonds is 6. The number of sulfone groups is 1. The number of nitrogens with two attached hydrogens (primary N) is 1. The van der Waals surface area contributed by atoms with E-state index < -0.39 is 32.2 Å². The van der Waals surface area contributed by atoms with E-state index in [4.69, 9.17) is 22.7 Å². The predicted octanol–water partition coefficient (Wildman–Crippen LogP) is 2.68. The minimum absolute atomic E-state index is 0.0558. The van der Waals surface area contributed by atoms with Crippen molar-refractivity contribution in [2.45, 2.75) is 16.1 Å². The lowest BCUT2D eigenvalue weighted by atomic mass is 10.00. The third kappa shape index (κ3) is 2.86. The van der Waals surface area contributed by atoms with Gasteiger partial charge in [0.05, 0.1) is 27.2 Å². The van der Waals surface area contributed by atoms with E-state index in [-0.39, 0.29) is 16.5 Å². The van der Waals surface area contributed by atoms with Gasteiger partial charge in [-0.3, -0.25) is 0 Å². The van der Waals surface area contributed by atoms with Gasteiger partial charge in [-0.15, -0.1) is 0 Å². The zero-order valence-corrected chi connectivity index (χ0v) is 15.2. The molecule has 3 rings (SSSR count). The number of halogens is 1. The fourth-order valence-corrected chi connectivity index (χ4v) is 6.36. The highest BCUT2D eigenvalue weighted by Gasteiger charge is 2.73. The molecule has 0 spiro atoms. The van der Waals surface area contributed by atoms with E-state index in [2.05, 4.69) is 0 Å². The highest BCUT2D eigenvalue weighted by atomic mass is 32.2. The lowest BCUT2D eigenvalue weighted by Crippen LogP contribution is -2.33. The van der Waals surface area contributed by atoms with Crippen LogP contribution in [-0.2, 0) is 14.6 Å². The van der Waals surface area contributed by atoms with Crippen molar-refractivity contribution in [2.24, 2.45) is 11.1 Å². The van der Waals surface area contributed by atoms with Gasteiger partial charge in [-0.25, -0.2) is 12.8 Å². The summed E-state index contributed by atoms with van der Waals surface area (Å²) in [6, 6.07) is 14.0. The highest BCUT2D eigenvalue weighted by molar-refractivity contribution is 7.92. The average Bonchev–Trinajstić information content (AvgIpc) is 3.27. The van der Waals surface area contributed by atoms with Crippen LogP contribution >= 0.6 is 12.2 Å². The molecule has 2 aromatic carbocycles. The predicted molar refractivity (Wildman–Crippen MR) is 97.7 cm³/mol. The lowest BCUT2D eigenvalue weighted by Gasteiger charge is -2.16. The summed E-state index contributed by atoms with van der Waals surface area (Å²) in [7, 11) is -2.26. The summed E-state index contributed by atoms with van der Waals surface area (Å²) < 4.78 is 45.3. The number of hydrogen-bond acceptors (Lipinski definition) is 4. The maximum atomic E-state index is 13.7. The van der Waals surface area contributed by atoms with Gasteiger partial charge >= 0.3 is 0 Å². The minimum Gasteiger partial charge on any atom is -0.393 e. The van der Waals surface area contributed by atoms with Crippen molar-refractivity contribution in [2.75, 3.05) is 13.7 Å². The molecule has 1 aliphatic carbocycles. The van der Waals surface area contributed by atoms with Crippen LogP contribution < -0.4 is 5.73 Å². The zero-order chi connectivity index (χ0) is 18.2. The first-order valence-electron chi connectivity index (χ1n) is 7.69. The first-order chi connectivity index (χ1) is 11.9. The molecule has 0 heterocycles. The Kier molecular flexibility index (Phi) is 4.66. The second-order valence-electron chi connectivity index (χ2n) is 6.15. The van der Waals surface area contributed by atoms with Crippen LogP contribution in [0.1, 0.15) is 11.5 Å². The normalized spacial score (nSPS) is 25.5. The quantitative estimate of drug-likeness (QED) is 0.782. The molecule has 0 radical (unpaired) electrons. The van der Waals surface area contributed by atoms with Gasteiger partial charge in [0.1, 0.15) is 5.82 Å². The number of hydrogen-bond donors (Lipinski definition) is 1. The van der Waals surface area contributed by atoms with Gasteiger partial charge in [0.15, 0.2) is 9.84 Å². The van der Waals surface area contributed by atoms with Crippen LogP contribution in [-0.4, -0.2) is 32.4 Å². The largest absolute Gasteiger partial charge is 0.393 e. The summed E-state index contributed by atoms with van der Waals surface area (Å²) in [6.07, 6.45) is 0. The molecule has 7 heteroatoms. The molecule has 0 aromatic heterocycles. The van der Waals surface area contributed by atoms with Gasteiger partial charge < -0.3 is 10.5 Å². The maximum absolute atomic E-state index is 13.7. The molecule has 0 bridgehead atoms. The lowest BCUT2D eigenvalue weighted by molar-refractivity contribution is 0.166. The molecule has 1 aliphatic rings. The maximum Gasteiger partial charge on any atom is 0.182 e. The van der Waals surface area contributed by atoms with Crippen molar-refractivity contribution in [1.29, 1.82) is 0 Å². The fraction of sp³-hybridized carbons (Fsp3) is 0.278. The SMILES string of the molecule is COC[C@@]1(C(N)=S)[C@H](c2cccc(F)c2)[C@@H]1S(=O)(=O)c1ccccc1. The van der Waals surface area contributed by atoms with Gasteiger partial charge in [0.25, 0.3) is 0 Å². The van der Waals surface area contributed by atoms with Crippen molar-refractivity contribution < 1.29 is 17.5 Å². The standard InChI is InChI=1S/C18H18FNO3S2/c1-23-11-18(17(20)24)15(12-6-5-7-13(19)10-12)16(18)25(21,22)14-8-3-2-4-9-14/h2-10,15-16H,11H2,1H3,(H2,20,24)/t15-,16+,18-/m1/s1. The van der Waals surface area contributed by atoms with Crippen molar-refractivity contribution in [3.05, 3.63) is 66.0 Å². The molecule has 3 atom stereocenters. The van der Waals surface area contributed by atoms with Crippen molar-refractivity contribution >= 4 is 27.0 Å². The topological polar surface area (TPSA) is 69.4 Å². The Morgan fingerprint density at radius 3 is 2.48 bits per heavy atom. The summed E-state index contributed by atoms with van der Waals surface area (Å²) >= 11 is 5.21. The summed E-state index contributed by atoms with van der Waals surface area (Å²) in [5, 5.41) is -0.887. The number of methoxy groups -OCH3 is 1. The van der Waals surface area contributed by atoms with Crippen LogP contribution in [0.25, 0.3) is 0 Å². The summed E-state index contributed by atoms with van der Waals surface area (Å²) in [5.41, 5.74) is 5.44. The van der Waals surface area contributed by atoms with Crippen LogP contribution in [0, 0.1) is 11.2 Å². The van der Waals surface area contributed by atoms with Crippen molar-refractivity contribution in [3.8, 4) is 0 Å². The Balaban J connectivity index is 2.14. The molecular formula is C18H18FNO3S2. The van der Waals surface area contributed by atoms with E-state index in [1.54, 1.807) is 30.3 Å². The molecule has 0 aliphatic heterocycles. The van der Waals surface area contributed by atoms with E-state index in [9.17, 15) is 12.8 Å². The molecular weight excluding hydrogens is 361 g/mol. The fourth-order valence-electron chi connectivity index (χ4n) is 3.57. The second-order valence-corrected chi connectivity index (χ2v) is 8.66. The monoisotopic (exact) mass is 379 g/mol. The molecule has 1 saturated carbocycles. The van der Waals surface area contributed by atoms with Crippen LogP contribution in [0.2, 0.25) is 0 Å². The van der Waals surface area contributed by atoms with Gasteiger partial charge in [-0.2, -0.15) is 0 Å². The van der Waals surface area contributed by atoms with Crippen LogP contribution in [0.3, 0.4) is 0 Å². The van der Waals surface area contributed by atoms with Gasteiger partial charge in [0, 0.05) is 13.0 Å². The molecule has 132 valence electrons. The Hall–Kier alpha value is -1.83. The molecule has 0 amide bonds. The van der Waals surface area contributed by atoms with E-state index in [1.165, 1.54) is 31.4 Å². The highest BCUT2D eigenvalue weighted by Crippen LogP contribution is 2.64. The van der Waals surface area contributed by atoms with E-state index in [1.807, 2.05) is 0 Å². The molecule has 25 heavy (non-hydrogen) atoms. The Morgan fingerprint density at radius 1 is 1.24 bits per heavy atom.